The minimum Gasteiger partial charge on any atom is -0.277 e. The zero-order valence-electron chi connectivity index (χ0n) is 8.38. The first-order valence-corrected chi connectivity index (χ1v) is 8.42. The van der Waals surface area contributed by atoms with Crippen molar-refractivity contribution in [1.29, 1.82) is 0 Å². The molecule has 7 nitrogen and oxygen atoms in total. The van der Waals surface area contributed by atoms with Gasteiger partial charge in [-0.2, -0.15) is 0 Å². The maximum Gasteiger partial charge on any atom is 0.247 e. The van der Waals surface area contributed by atoms with Crippen LogP contribution in [0.3, 0.4) is 0 Å². The molecule has 0 atom stereocenters. The molecule has 0 aliphatic rings. The lowest BCUT2D eigenvalue weighted by Gasteiger charge is -2.08. The number of hydrogen-bond acceptors (Lipinski definition) is 6. The van der Waals surface area contributed by atoms with Crippen LogP contribution in [0.4, 0.5) is 5.69 Å². The van der Waals surface area contributed by atoms with Crippen molar-refractivity contribution < 1.29 is 16.8 Å². The molecule has 1 aromatic heterocycles. The number of anilines is 1. The van der Waals surface area contributed by atoms with E-state index in [1.807, 2.05) is 4.72 Å². The van der Waals surface area contributed by atoms with E-state index in [2.05, 4.69) is 9.97 Å². The first-order valence-electron chi connectivity index (χ1n) is 3.95. The third-order valence-corrected chi connectivity index (χ3v) is 5.42. The number of nitrogens with zero attached hydrogens (tertiary/aromatic N) is 2. The van der Waals surface area contributed by atoms with Crippen molar-refractivity contribution in [3.63, 3.8) is 0 Å². The molecule has 0 saturated heterocycles. The highest BCUT2D eigenvalue weighted by atomic mass is 35.5. The third kappa shape index (κ3) is 4.62. The Morgan fingerprint density at radius 1 is 1.18 bits per heavy atom. The van der Waals surface area contributed by atoms with Crippen LogP contribution in [-0.4, -0.2) is 38.1 Å². The van der Waals surface area contributed by atoms with Crippen molar-refractivity contribution in [2.45, 2.75) is 0 Å². The predicted molar refractivity (Wildman–Crippen MR) is 64.3 cm³/mol. The van der Waals surface area contributed by atoms with Crippen molar-refractivity contribution in [2.24, 2.45) is 0 Å². The number of nitrogens with one attached hydrogen (secondary N) is 1. The Morgan fingerprint density at radius 2 is 1.65 bits per heavy atom. The molecule has 0 aromatic carbocycles. The van der Waals surface area contributed by atoms with Crippen LogP contribution >= 0.6 is 23.2 Å². The Hall–Kier alpha value is -0.640. The van der Waals surface area contributed by atoms with E-state index < -0.39 is 24.9 Å². The molecule has 1 N–H and O–H groups in total. The lowest BCUT2D eigenvalue weighted by Crippen LogP contribution is -2.22. The van der Waals surface area contributed by atoms with Gasteiger partial charge in [0.25, 0.3) is 0 Å². The third-order valence-electron chi connectivity index (χ3n) is 1.38. The largest absolute Gasteiger partial charge is 0.277 e. The zero-order valence-corrected chi connectivity index (χ0v) is 11.5. The maximum absolute atomic E-state index is 11.5. The van der Waals surface area contributed by atoms with Crippen molar-refractivity contribution in [3.8, 4) is 0 Å². The van der Waals surface area contributed by atoms with Gasteiger partial charge < -0.3 is 0 Å². The highest BCUT2D eigenvalue weighted by molar-refractivity contribution is 8.08. The van der Waals surface area contributed by atoms with Crippen LogP contribution in [0.2, 0.25) is 10.3 Å². The molecule has 0 fully saturated rings. The minimum atomic E-state index is -4.12. The fourth-order valence-electron chi connectivity index (χ4n) is 0.895. The summed E-state index contributed by atoms with van der Waals surface area (Å²) in [5.41, 5.74) is -0.250. The lowest BCUT2D eigenvalue weighted by molar-refractivity contribution is 0.595. The van der Waals surface area contributed by atoms with Gasteiger partial charge >= 0.3 is 0 Å². The maximum atomic E-state index is 11.5. The van der Waals surface area contributed by atoms with Crippen molar-refractivity contribution in [2.75, 3.05) is 16.1 Å². The second-order valence-corrected chi connectivity index (χ2v) is 8.03. The average Bonchev–Trinajstić information content (AvgIpc) is 2.07. The van der Waals surface area contributed by atoms with Gasteiger partial charge in [0.1, 0.15) is 12.0 Å². The Kier molecular flexibility index (Phi) is 4.18. The van der Waals surface area contributed by atoms with E-state index in [1.54, 1.807) is 0 Å². The molecule has 0 radical (unpaired) electrons. The SMILES string of the molecule is CS(=O)(=O)CS(=O)(=O)Nc1c(Cl)ncnc1Cl. The van der Waals surface area contributed by atoms with Crippen LogP contribution in [0.1, 0.15) is 0 Å². The molecule has 1 rings (SSSR count). The molecular weight excluding hydrogens is 313 g/mol. The molecule has 0 unspecified atom stereocenters. The number of aromatic nitrogens is 2. The summed E-state index contributed by atoms with van der Waals surface area (Å²) in [6.45, 7) is 0. The molecule has 17 heavy (non-hydrogen) atoms. The molecular formula is C6H7Cl2N3O4S2. The normalized spacial score (nSPS) is 12.4. The van der Waals surface area contributed by atoms with Crippen LogP contribution in [-0.2, 0) is 19.9 Å². The first kappa shape index (κ1) is 14.4. The molecule has 0 spiro atoms. The fraction of sp³-hybridized carbons (Fsp3) is 0.333. The molecule has 0 aliphatic heterocycles. The Balaban J connectivity index is 3.07. The van der Waals surface area contributed by atoms with Gasteiger partial charge in [-0.1, -0.05) is 23.2 Å². The fourth-order valence-corrected chi connectivity index (χ4v) is 4.41. The van der Waals surface area contributed by atoms with Crippen LogP contribution in [0.25, 0.3) is 0 Å². The van der Waals surface area contributed by atoms with Gasteiger partial charge in [0.05, 0.1) is 0 Å². The lowest BCUT2D eigenvalue weighted by atomic mass is 10.6. The molecule has 11 heteroatoms. The van der Waals surface area contributed by atoms with Crippen LogP contribution in [0, 0.1) is 0 Å². The summed E-state index contributed by atoms with van der Waals surface area (Å²) in [7, 11) is -7.83. The highest BCUT2D eigenvalue weighted by Crippen LogP contribution is 2.26. The van der Waals surface area contributed by atoms with Gasteiger partial charge in [0.2, 0.25) is 10.0 Å². The summed E-state index contributed by atoms with van der Waals surface area (Å²) in [5.74, 6) is 0. The molecule has 96 valence electrons. The Bertz CT molecular complexity index is 608. The number of sulfonamides is 1. The molecule has 0 saturated carbocycles. The van der Waals surface area contributed by atoms with Crippen LogP contribution in [0.5, 0.6) is 0 Å². The van der Waals surface area contributed by atoms with Crippen LogP contribution < -0.4 is 4.72 Å². The quantitative estimate of drug-likeness (QED) is 0.811. The van der Waals surface area contributed by atoms with Gasteiger partial charge in [-0.05, 0) is 0 Å². The van der Waals surface area contributed by atoms with E-state index in [1.165, 1.54) is 0 Å². The minimum absolute atomic E-state index is 0.220. The molecule has 0 aliphatic carbocycles. The molecule has 1 aromatic rings. The second kappa shape index (κ2) is 4.92. The number of halogens is 2. The van der Waals surface area contributed by atoms with Gasteiger partial charge in [0, 0.05) is 6.26 Å². The van der Waals surface area contributed by atoms with E-state index in [0.717, 1.165) is 12.6 Å². The summed E-state index contributed by atoms with van der Waals surface area (Å²) >= 11 is 11.2. The Labute approximate surface area is 108 Å². The molecule has 0 amide bonds. The van der Waals surface area contributed by atoms with Crippen molar-refractivity contribution in [3.05, 3.63) is 16.6 Å². The smallest absolute Gasteiger partial charge is 0.247 e. The van der Waals surface area contributed by atoms with E-state index >= 15 is 0 Å². The summed E-state index contributed by atoms with van der Waals surface area (Å²) in [4.78, 5) is 7.03. The predicted octanol–water partition coefficient (Wildman–Crippen LogP) is 0.527. The number of rotatable bonds is 4. The first-order chi connectivity index (χ1) is 7.61. The second-order valence-electron chi connectivity index (χ2n) is 3.09. The van der Waals surface area contributed by atoms with Crippen molar-refractivity contribution in [1.82, 2.24) is 9.97 Å². The monoisotopic (exact) mass is 319 g/mol. The average molecular weight is 320 g/mol. The summed E-state index contributed by atoms with van der Waals surface area (Å²) in [6.07, 6.45) is 1.83. The van der Waals surface area contributed by atoms with Gasteiger partial charge in [-0.3, -0.25) is 4.72 Å². The summed E-state index contributed by atoms with van der Waals surface area (Å²) in [6, 6.07) is 0. The standard InChI is InChI=1S/C6H7Cl2N3O4S2/c1-16(12,13)3-17(14,15)11-4-5(7)9-2-10-6(4)8/h2,11H,3H2,1H3. The van der Waals surface area contributed by atoms with Crippen molar-refractivity contribution >= 4 is 48.7 Å². The van der Waals surface area contributed by atoms with Gasteiger partial charge in [-0.15, -0.1) is 0 Å². The summed E-state index contributed by atoms with van der Waals surface area (Å²) < 4.78 is 46.6. The van der Waals surface area contributed by atoms with E-state index in [4.69, 9.17) is 23.2 Å². The topological polar surface area (TPSA) is 106 Å². The number of sulfone groups is 1. The molecule has 1 heterocycles. The zero-order chi connectivity index (χ0) is 13.3. The molecule has 0 bridgehead atoms. The highest BCUT2D eigenvalue weighted by Gasteiger charge is 2.21. The van der Waals surface area contributed by atoms with E-state index in [9.17, 15) is 16.8 Å². The van der Waals surface area contributed by atoms with Gasteiger partial charge in [0.15, 0.2) is 25.2 Å². The van der Waals surface area contributed by atoms with Crippen LogP contribution in [0.15, 0.2) is 6.33 Å². The van der Waals surface area contributed by atoms with E-state index in [0.29, 0.717) is 0 Å². The Morgan fingerprint density at radius 3 is 2.06 bits per heavy atom. The van der Waals surface area contributed by atoms with E-state index in [-0.39, 0.29) is 16.0 Å². The van der Waals surface area contributed by atoms with Gasteiger partial charge in [-0.25, -0.2) is 26.8 Å². The number of hydrogen-bond donors (Lipinski definition) is 1. The summed E-state index contributed by atoms with van der Waals surface area (Å²) in [5, 5.41) is -1.52.